The van der Waals surface area contributed by atoms with Crippen molar-refractivity contribution in [2.45, 2.75) is 26.0 Å². The first-order valence-corrected chi connectivity index (χ1v) is 5.62. The third kappa shape index (κ3) is 3.53. The van der Waals surface area contributed by atoms with Gasteiger partial charge in [0.1, 0.15) is 0 Å². The minimum Gasteiger partial charge on any atom is -0.468 e. The van der Waals surface area contributed by atoms with Crippen LogP contribution in [0.1, 0.15) is 19.4 Å². The first-order chi connectivity index (χ1) is 8.52. The summed E-state index contributed by atoms with van der Waals surface area (Å²) in [6.07, 6.45) is 0. The monoisotopic (exact) mass is 253 g/mol. The van der Waals surface area contributed by atoms with Gasteiger partial charge in [0.05, 0.1) is 20.8 Å². The summed E-state index contributed by atoms with van der Waals surface area (Å²) < 4.78 is 4.71. The van der Waals surface area contributed by atoms with Crippen molar-refractivity contribution in [3.05, 3.63) is 35.9 Å². The molecule has 0 atom stereocenters. The zero-order valence-corrected chi connectivity index (χ0v) is 11.2. The third-order valence-electron chi connectivity index (χ3n) is 2.50. The largest absolute Gasteiger partial charge is 0.468 e. The number of carbonyl (C=O) groups excluding carboxylic acids is 1. The number of benzene rings is 1. The fourth-order valence-corrected chi connectivity index (χ4v) is 1.47. The fourth-order valence-electron chi connectivity index (χ4n) is 1.47. The molecule has 0 fully saturated rings. The lowest BCUT2D eigenvalue weighted by atomic mass is 10.1. The van der Waals surface area contributed by atoms with Gasteiger partial charge in [0.25, 0.3) is 0 Å². The highest BCUT2D eigenvalue weighted by molar-refractivity contribution is 5.79. The van der Waals surface area contributed by atoms with E-state index in [9.17, 15) is 4.79 Å². The Labute approximate surface area is 107 Å². The molecule has 0 aliphatic heterocycles. The average Bonchev–Trinajstić information content (AvgIpc) is 2.39. The molecule has 18 heavy (non-hydrogen) atoms. The Balaban J connectivity index is 2.65. The van der Waals surface area contributed by atoms with Crippen molar-refractivity contribution >= 4 is 5.97 Å². The summed E-state index contributed by atoms with van der Waals surface area (Å²) >= 11 is 0. The summed E-state index contributed by atoms with van der Waals surface area (Å²) in [5.41, 5.74) is -0.0293. The zero-order valence-electron chi connectivity index (χ0n) is 11.2. The van der Waals surface area contributed by atoms with Gasteiger partial charge < -0.3 is 4.74 Å². The number of hydroxylamine groups is 2. The molecule has 0 N–H and O–H groups in total. The van der Waals surface area contributed by atoms with E-state index in [1.54, 1.807) is 13.8 Å². The highest BCUT2D eigenvalue weighted by Gasteiger charge is 2.38. The third-order valence-corrected chi connectivity index (χ3v) is 2.50. The summed E-state index contributed by atoms with van der Waals surface area (Å²) in [4.78, 5) is 22.2. The van der Waals surface area contributed by atoms with Crippen LogP contribution in [0.5, 0.6) is 0 Å². The molecule has 5 heteroatoms. The Bertz CT molecular complexity index is 378. The molecule has 0 aromatic heterocycles. The summed E-state index contributed by atoms with van der Waals surface area (Å²) in [5.74, 6) is -0.433. The van der Waals surface area contributed by atoms with Gasteiger partial charge in [-0.05, 0) is 24.6 Å². The second kappa shape index (κ2) is 6.49. The molecule has 0 amide bonds. The van der Waals surface area contributed by atoms with Gasteiger partial charge in [0, 0.05) is 0 Å². The predicted molar refractivity (Wildman–Crippen MR) is 66.2 cm³/mol. The molecule has 1 aromatic carbocycles. The summed E-state index contributed by atoms with van der Waals surface area (Å²) in [5, 5.41) is 1.14. The normalized spacial score (nSPS) is 11.6. The van der Waals surface area contributed by atoms with Crippen LogP contribution in [0.25, 0.3) is 0 Å². The molecular formula is C13H19NO4. The van der Waals surface area contributed by atoms with Gasteiger partial charge in [-0.1, -0.05) is 30.3 Å². The van der Waals surface area contributed by atoms with Gasteiger partial charge in [0.15, 0.2) is 5.54 Å². The van der Waals surface area contributed by atoms with Crippen LogP contribution >= 0.6 is 0 Å². The van der Waals surface area contributed by atoms with Crippen LogP contribution in [0.4, 0.5) is 0 Å². The molecule has 0 aliphatic rings. The van der Waals surface area contributed by atoms with Crippen LogP contribution in [0, 0.1) is 0 Å². The second-order valence-electron chi connectivity index (χ2n) is 4.25. The minimum atomic E-state index is -1.02. The lowest BCUT2D eigenvalue weighted by Gasteiger charge is -2.32. The Morgan fingerprint density at radius 3 is 2.33 bits per heavy atom. The van der Waals surface area contributed by atoms with Crippen molar-refractivity contribution in [3.63, 3.8) is 0 Å². The molecule has 0 saturated carbocycles. The quantitative estimate of drug-likeness (QED) is 0.572. The predicted octanol–water partition coefficient (Wildman–Crippen LogP) is 1.93. The van der Waals surface area contributed by atoms with E-state index >= 15 is 0 Å². The first-order valence-electron chi connectivity index (χ1n) is 5.62. The van der Waals surface area contributed by atoms with E-state index in [0.29, 0.717) is 6.61 Å². The first kappa shape index (κ1) is 14.6. The van der Waals surface area contributed by atoms with Gasteiger partial charge in [-0.25, -0.2) is 4.79 Å². The van der Waals surface area contributed by atoms with Gasteiger partial charge in [-0.3, -0.25) is 9.68 Å². The van der Waals surface area contributed by atoms with Crippen LogP contribution in [0.3, 0.4) is 0 Å². The van der Waals surface area contributed by atoms with E-state index in [4.69, 9.17) is 14.4 Å². The number of carbonyl (C=O) groups is 1. The standard InChI is InChI=1S/C13H19NO4/c1-13(2,12(15)16-3)14(17-4)18-10-11-8-6-5-7-9-11/h5-9H,10H2,1-4H3. The molecule has 0 unspecified atom stereocenters. The topological polar surface area (TPSA) is 48.0 Å². The number of hydrogen-bond acceptors (Lipinski definition) is 5. The average molecular weight is 253 g/mol. The van der Waals surface area contributed by atoms with Crippen LogP contribution < -0.4 is 0 Å². The number of rotatable bonds is 6. The van der Waals surface area contributed by atoms with Crippen LogP contribution in [0.2, 0.25) is 0 Å². The van der Waals surface area contributed by atoms with Gasteiger partial charge in [-0.2, -0.15) is 0 Å². The van der Waals surface area contributed by atoms with Crippen LogP contribution in [0.15, 0.2) is 30.3 Å². The number of hydrogen-bond donors (Lipinski definition) is 0. The van der Waals surface area contributed by atoms with Crippen molar-refractivity contribution in [2.24, 2.45) is 0 Å². The van der Waals surface area contributed by atoms with Crippen molar-refractivity contribution < 1.29 is 19.2 Å². The minimum absolute atomic E-state index is 0.315. The van der Waals surface area contributed by atoms with E-state index in [1.165, 1.54) is 14.2 Å². The zero-order chi connectivity index (χ0) is 13.6. The molecule has 1 aromatic rings. The highest BCUT2D eigenvalue weighted by atomic mass is 16.9. The molecule has 0 radical (unpaired) electrons. The Kier molecular flexibility index (Phi) is 5.27. The molecule has 0 heterocycles. The van der Waals surface area contributed by atoms with Crippen molar-refractivity contribution in [1.29, 1.82) is 0 Å². The fraction of sp³-hybridized carbons (Fsp3) is 0.462. The summed E-state index contributed by atoms with van der Waals surface area (Å²) in [6, 6.07) is 9.62. The highest BCUT2D eigenvalue weighted by Crippen LogP contribution is 2.18. The van der Waals surface area contributed by atoms with E-state index in [0.717, 1.165) is 10.8 Å². The van der Waals surface area contributed by atoms with Gasteiger partial charge in [-0.15, -0.1) is 0 Å². The molecular weight excluding hydrogens is 234 g/mol. The second-order valence-corrected chi connectivity index (χ2v) is 4.25. The van der Waals surface area contributed by atoms with Crippen molar-refractivity contribution in [2.75, 3.05) is 14.2 Å². The van der Waals surface area contributed by atoms with E-state index in [2.05, 4.69) is 0 Å². The molecule has 5 nitrogen and oxygen atoms in total. The molecule has 0 bridgehead atoms. The van der Waals surface area contributed by atoms with Gasteiger partial charge >= 0.3 is 5.97 Å². The molecule has 0 aliphatic carbocycles. The lowest BCUT2D eigenvalue weighted by molar-refractivity contribution is -0.397. The van der Waals surface area contributed by atoms with Gasteiger partial charge in [0.2, 0.25) is 0 Å². The number of nitrogens with zero attached hydrogens (tertiary/aromatic N) is 1. The molecule has 0 saturated heterocycles. The van der Waals surface area contributed by atoms with E-state index in [-0.39, 0.29) is 0 Å². The molecule has 100 valence electrons. The Morgan fingerprint density at radius 1 is 1.22 bits per heavy atom. The lowest BCUT2D eigenvalue weighted by Crippen LogP contribution is -2.49. The molecule has 1 rings (SSSR count). The SMILES string of the molecule is COC(=O)C(C)(C)N(OC)OCc1ccccc1. The maximum atomic E-state index is 11.6. The van der Waals surface area contributed by atoms with Crippen LogP contribution in [-0.4, -0.2) is 31.0 Å². The van der Waals surface area contributed by atoms with Crippen LogP contribution in [-0.2, 0) is 25.8 Å². The maximum absolute atomic E-state index is 11.6. The van der Waals surface area contributed by atoms with E-state index in [1.807, 2.05) is 30.3 Å². The van der Waals surface area contributed by atoms with E-state index < -0.39 is 11.5 Å². The smallest absolute Gasteiger partial charge is 0.330 e. The number of methoxy groups -OCH3 is 1. The Morgan fingerprint density at radius 2 is 1.83 bits per heavy atom. The number of esters is 1. The number of ether oxygens (including phenoxy) is 1. The molecule has 0 spiro atoms. The Hall–Kier alpha value is -1.43. The van der Waals surface area contributed by atoms with Crippen molar-refractivity contribution in [1.82, 2.24) is 5.23 Å². The summed E-state index contributed by atoms with van der Waals surface area (Å²) in [6.45, 7) is 3.63. The maximum Gasteiger partial charge on any atom is 0.330 e. The summed E-state index contributed by atoms with van der Waals surface area (Å²) in [7, 11) is 2.77. The van der Waals surface area contributed by atoms with Crippen molar-refractivity contribution in [3.8, 4) is 0 Å².